The summed E-state index contributed by atoms with van der Waals surface area (Å²) >= 11 is 0. The van der Waals surface area contributed by atoms with Gasteiger partial charge in [-0.3, -0.25) is 4.79 Å². The van der Waals surface area contributed by atoms with Gasteiger partial charge in [-0.15, -0.1) is 0 Å². The first kappa shape index (κ1) is 15.0. The minimum atomic E-state index is -0.245. The first-order valence-corrected chi connectivity index (χ1v) is 5.45. The molecule has 13 heavy (non-hydrogen) atoms. The second kappa shape index (κ2) is 11.5. The van der Waals surface area contributed by atoms with Crippen LogP contribution in [0, 0.1) is 5.92 Å². The fourth-order valence-corrected chi connectivity index (χ4v) is 1.13. The van der Waals surface area contributed by atoms with Crippen molar-refractivity contribution in [1.29, 1.82) is 0 Å². The zero-order valence-corrected chi connectivity index (χ0v) is 9.60. The Morgan fingerprint density at radius 1 is 1.38 bits per heavy atom. The molecule has 0 saturated heterocycles. The summed E-state index contributed by atoms with van der Waals surface area (Å²) in [5.74, 6) is 0.801. The zero-order valence-electron chi connectivity index (χ0n) is 9.60. The second-order valence-corrected chi connectivity index (χ2v) is 3.21. The Morgan fingerprint density at radius 3 is 1.77 bits per heavy atom. The summed E-state index contributed by atoms with van der Waals surface area (Å²) in [5.41, 5.74) is 4.65. The Bertz CT molecular complexity index is 112. The van der Waals surface area contributed by atoms with Crippen molar-refractivity contribution in [3.8, 4) is 0 Å². The van der Waals surface area contributed by atoms with Crippen LogP contribution in [0.5, 0.6) is 0 Å². The average Bonchev–Trinajstić information content (AvgIpc) is 2.60. The van der Waals surface area contributed by atoms with Crippen LogP contribution in [0.2, 0.25) is 0 Å². The minimum Gasteiger partial charge on any atom is -0.370 e. The molecule has 2 heteroatoms. The topological polar surface area (TPSA) is 43.1 Å². The summed E-state index contributed by atoms with van der Waals surface area (Å²) in [6.07, 6.45) is 6.39. The van der Waals surface area contributed by atoms with E-state index < -0.39 is 0 Å². The monoisotopic (exact) mass is 189 g/mol. The summed E-state index contributed by atoms with van der Waals surface area (Å²) in [6.45, 7) is 8.06. The molecular formula is C11H27NO. The Labute approximate surface area is 84.4 Å². The van der Waals surface area contributed by atoms with Gasteiger partial charge in [0.25, 0.3) is 0 Å². The average molecular weight is 189 g/mol. The van der Waals surface area contributed by atoms with Gasteiger partial charge in [-0.2, -0.15) is 0 Å². The van der Waals surface area contributed by atoms with E-state index in [0.29, 0.717) is 6.42 Å². The molecule has 0 bridgehead atoms. The van der Waals surface area contributed by atoms with Gasteiger partial charge in [0.1, 0.15) is 0 Å². The summed E-state index contributed by atoms with van der Waals surface area (Å²) in [4.78, 5) is 9.59. The van der Waals surface area contributed by atoms with Crippen LogP contribution in [0.15, 0.2) is 0 Å². The third-order valence-corrected chi connectivity index (χ3v) is 1.99. The van der Waals surface area contributed by atoms with Gasteiger partial charge < -0.3 is 5.73 Å². The summed E-state index contributed by atoms with van der Waals surface area (Å²) < 4.78 is 0. The van der Waals surface area contributed by atoms with Crippen molar-refractivity contribution in [3.63, 3.8) is 0 Å². The van der Waals surface area contributed by atoms with Crippen LogP contribution < -0.4 is 5.73 Å². The van der Waals surface area contributed by atoms with Gasteiger partial charge >= 0.3 is 0 Å². The molecule has 82 valence electrons. The molecule has 1 aliphatic rings. The molecule has 1 aliphatic carbocycles. The van der Waals surface area contributed by atoms with E-state index in [2.05, 4.69) is 12.7 Å². The number of primary amides is 1. The molecule has 0 aromatic rings. The molecule has 2 N–H and O–H groups in total. The molecule has 1 saturated carbocycles. The Balaban J connectivity index is -0.000000141. The second-order valence-electron chi connectivity index (χ2n) is 3.21. The van der Waals surface area contributed by atoms with E-state index >= 15 is 0 Å². The molecule has 0 spiro atoms. The Morgan fingerprint density at radius 2 is 1.69 bits per heavy atom. The van der Waals surface area contributed by atoms with Crippen molar-refractivity contribution < 1.29 is 6.22 Å². The van der Waals surface area contributed by atoms with Gasteiger partial charge in [-0.1, -0.05) is 53.4 Å². The summed E-state index contributed by atoms with van der Waals surface area (Å²) in [7, 11) is 0. The first-order chi connectivity index (χ1) is 6.16. The van der Waals surface area contributed by atoms with Crippen molar-refractivity contribution >= 4 is 5.91 Å². The van der Waals surface area contributed by atoms with Crippen molar-refractivity contribution in [2.24, 2.45) is 11.7 Å². The summed E-state index contributed by atoms with van der Waals surface area (Å²) in [6, 6.07) is 0. The maximum absolute atomic E-state index is 9.59. The lowest BCUT2D eigenvalue weighted by Crippen LogP contribution is -2.06. The summed E-state index contributed by atoms with van der Waals surface area (Å²) in [5, 5.41) is 0. The lowest BCUT2D eigenvalue weighted by Gasteiger charge is -1.91. The molecule has 0 radical (unpaired) electrons. The van der Waals surface area contributed by atoms with Crippen molar-refractivity contribution in [3.05, 3.63) is 0 Å². The van der Waals surface area contributed by atoms with Crippen LogP contribution in [0.1, 0.15) is 61.2 Å². The van der Waals surface area contributed by atoms with Crippen LogP contribution in [-0.2, 0) is 4.79 Å². The molecule has 1 amide bonds. The van der Waals surface area contributed by atoms with Gasteiger partial charge in [-0.05, 0) is 5.92 Å². The molecule has 0 unspecified atom stereocenters. The highest BCUT2D eigenvalue weighted by molar-refractivity contribution is 5.73. The number of rotatable bonds is 1. The zero-order chi connectivity index (χ0) is 10.7. The third-order valence-electron chi connectivity index (χ3n) is 1.99. The third kappa shape index (κ3) is 14.3. The fraction of sp³-hybridized carbons (Fsp3) is 0.909. The van der Waals surface area contributed by atoms with E-state index in [1.165, 1.54) is 25.7 Å². The molecule has 0 aromatic carbocycles. The number of amides is 1. The molecule has 0 aromatic heterocycles. The van der Waals surface area contributed by atoms with Crippen LogP contribution in [-0.4, -0.2) is 5.91 Å². The normalized spacial score (nSPS) is 15.1. The van der Waals surface area contributed by atoms with Gasteiger partial charge in [0.15, 0.2) is 0 Å². The Kier molecular flexibility index (Phi) is 13.2. The highest BCUT2D eigenvalue weighted by Gasteiger charge is 2.07. The molecular weight excluding hydrogens is 162 g/mol. The standard InChI is InChI=1S/C6H12.C3H7NO.C2H6.H2/c1-6-4-2-3-5-6;1-2-3(4)5;1-2;/h6H,2-5H2,1H3;2H2,1H3,(H2,4,5);1-2H3;1H. The van der Waals surface area contributed by atoms with E-state index in [1.807, 2.05) is 13.8 Å². The molecule has 0 heterocycles. The van der Waals surface area contributed by atoms with Crippen molar-refractivity contribution in [1.82, 2.24) is 0 Å². The van der Waals surface area contributed by atoms with E-state index in [-0.39, 0.29) is 7.33 Å². The predicted molar refractivity (Wildman–Crippen MR) is 60.6 cm³/mol. The van der Waals surface area contributed by atoms with Crippen LogP contribution >= 0.6 is 0 Å². The largest absolute Gasteiger partial charge is 0.370 e. The molecule has 2 nitrogen and oxygen atoms in total. The SMILES string of the molecule is CC.CC1CCCC1.CCC(N)=O.[HH]. The Hall–Kier alpha value is -0.530. The van der Waals surface area contributed by atoms with Gasteiger partial charge in [0.2, 0.25) is 5.91 Å². The van der Waals surface area contributed by atoms with Gasteiger partial charge in [0.05, 0.1) is 0 Å². The van der Waals surface area contributed by atoms with E-state index in [1.54, 1.807) is 6.92 Å². The number of hydrogen-bond donors (Lipinski definition) is 1. The maximum atomic E-state index is 9.59. The van der Waals surface area contributed by atoms with E-state index in [4.69, 9.17) is 0 Å². The highest BCUT2D eigenvalue weighted by Crippen LogP contribution is 2.22. The first-order valence-electron chi connectivity index (χ1n) is 5.45. The molecule has 0 aliphatic heterocycles. The lowest BCUT2D eigenvalue weighted by atomic mass is 10.2. The molecule has 0 atom stereocenters. The van der Waals surface area contributed by atoms with Crippen molar-refractivity contribution in [2.45, 2.75) is 59.8 Å². The van der Waals surface area contributed by atoms with Crippen LogP contribution in [0.4, 0.5) is 0 Å². The number of hydrogen-bond acceptors (Lipinski definition) is 1. The number of nitrogens with two attached hydrogens (primary N) is 1. The van der Waals surface area contributed by atoms with Crippen LogP contribution in [0.25, 0.3) is 0 Å². The fourth-order valence-electron chi connectivity index (χ4n) is 1.13. The quantitative estimate of drug-likeness (QED) is 0.675. The maximum Gasteiger partial charge on any atom is 0.217 e. The smallest absolute Gasteiger partial charge is 0.217 e. The lowest BCUT2D eigenvalue weighted by molar-refractivity contribution is -0.117. The van der Waals surface area contributed by atoms with Gasteiger partial charge in [-0.25, -0.2) is 0 Å². The van der Waals surface area contributed by atoms with Crippen LogP contribution in [0.3, 0.4) is 0 Å². The predicted octanol–water partition coefficient (Wildman–Crippen LogP) is 3.35. The minimum absolute atomic E-state index is 0. The molecule has 1 fully saturated rings. The molecule has 1 rings (SSSR count). The van der Waals surface area contributed by atoms with Crippen molar-refractivity contribution in [2.75, 3.05) is 0 Å². The number of carbonyl (C=O) groups is 1. The number of carbonyl (C=O) groups excluding carboxylic acids is 1. The van der Waals surface area contributed by atoms with E-state index in [9.17, 15) is 4.79 Å². The highest BCUT2D eigenvalue weighted by atomic mass is 16.1. The van der Waals surface area contributed by atoms with E-state index in [0.717, 1.165) is 5.92 Å². The van der Waals surface area contributed by atoms with Gasteiger partial charge in [0, 0.05) is 7.85 Å².